The van der Waals surface area contributed by atoms with Gasteiger partial charge in [0.25, 0.3) is 11.8 Å². The molecule has 8 nitrogen and oxygen atoms in total. The third-order valence-corrected chi connectivity index (χ3v) is 5.76. The topological polar surface area (TPSA) is 116 Å². The molecule has 0 saturated heterocycles. The van der Waals surface area contributed by atoms with Gasteiger partial charge in [-0.05, 0) is 55.0 Å². The number of nitrogens with two attached hydrogens (primary N) is 1. The zero-order valence-corrected chi connectivity index (χ0v) is 18.7. The van der Waals surface area contributed by atoms with Gasteiger partial charge in [-0.1, -0.05) is 29.8 Å². The Labute approximate surface area is 198 Å². The van der Waals surface area contributed by atoms with Crippen molar-refractivity contribution in [2.75, 3.05) is 11.5 Å². The van der Waals surface area contributed by atoms with Crippen molar-refractivity contribution in [3.63, 3.8) is 0 Å². The van der Waals surface area contributed by atoms with Crippen molar-refractivity contribution in [3.05, 3.63) is 98.5 Å². The lowest BCUT2D eigenvalue weighted by Crippen LogP contribution is -2.30. The molecule has 0 fully saturated rings. The van der Waals surface area contributed by atoms with Gasteiger partial charge in [0.15, 0.2) is 12.0 Å². The summed E-state index contributed by atoms with van der Waals surface area (Å²) in [5.41, 5.74) is 6.61. The number of aromatic nitrogens is 1. The number of benzene rings is 2. The standard InChI is InChI=1S/C25H18ClN3O5/c1-13-3-2-4-20(28-13)29-22(14-5-8-16(9-6-14)33-12-19(27)30)21-23(31)17-11-15(26)7-10-18(17)34-24(21)25(29)32/h2-11,22H,12H2,1H3,(H2,27,30)/t22-/m1/s1. The molecule has 1 atom stereocenters. The average molecular weight is 476 g/mol. The molecule has 2 N–H and O–H groups in total. The van der Waals surface area contributed by atoms with Crippen molar-refractivity contribution in [3.8, 4) is 5.75 Å². The van der Waals surface area contributed by atoms with E-state index in [1.54, 1.807) is 48.5 Å². The van der Waals surface area contributed by atoms with Crippen molar-refractivity contribution in [1.82, 2.24) is 4.98 Å². The van der Waals surface area contributed by atoms with Crippen LogP contribution in [-0.4, -0.2) is 23.4 Å². The molecule has 170 valence electrons. The minimum Gasteiger partial charge on any atom is -0.484 e. The fourth-order valence-electron chi connectivity index (χ4n) is 4.06. The number of pyridine rings is 1. The highest BCUT2D eigenvalue weighted by Gasteiger charge is 2.44. The van der Waals surface area contributed by atoms with Gasteiger partial charge in [-0.25, -0.2) is 4.98 Å². The quantitative estimate of drug-likeness (QED) is 0.469. The van der Waals surface area contributed by atoms with Gasteiger partial charge in [0.1, 0.15) is 17.2 Å². The number of primary amides is 1. The van der Waals surface area contributed by atoms with Crippen molar-refractivity contribution >= 4 is 40.2 Å². The molecule has 0 aliphatic carbocycles. The summed E-state index contributed by atoms with van der Waals surface area (Å²) in [5.74, 6) is -0.302. The number of nitrogens with zero attached hydrogens (tertiary/aromatic N) is 2. The molecule has 5 rings (SSSR count). The fourth-order valence-corrected chi connectivity index (χ4v) is 4.23. The fraction of sp³-hybridized carbons (Fsp3) is 0.120. The van der Waals surface area contributed by atoms with Gasteiger partial charge >= 0.3 is 0 Å². The molecule has 0 bridgehead atoms. The van der Waals surface area contributed by atoms with Gasteiger partial charge in [-0.2, -0.15) is 0 Å². The van der Waals surface area contributed by atoms with E-state index >= 15 is 0 Å². The summed E-state index contributed by atoms with van der Waals surface area (Å²) in [6.45, 7) is 1.55. The predicted molar refractivity (Wildman–Crippen MR) is 126 cm³/mol. The Bertz CT molecular complexity index is 1510. The van der Waals surface area contributed by atoms with Gasteiger partial charge in [0, 0.05) is 10.7 Å². The molecule has 1 aliphatic heterocycles. The van der Waals surface area contributed by atoms with E-state index in [1.165, 1.54) is 11.0 Å². The molecule has 9 heteroatoms. The lowest BCUT2D eigenvalue weighted by atomic mass is 9.98. The highest BCUT2D eigenvalue weighted by atomic mass is 35.5. The van der Waals surface area contributed by atoms with Crippen LogP contribution in [0.15, 0.2) is 69.9 Å². The molecule has 0 unspecified atom stereocenters. The lowest BCUT2D eigenvalue weighted by molar-refractivity contribution is -0.119. The van der Waals surface area contributed by atoms with E-state index in [1.807, 2.05) is 13.0 Å². The van der Waals surface area contributed by atoms with Crippen LogP contribution < -0.4 is 20.8 Å². The van der Waals surface area contributed by atoms with Gasteiger partial charge in [-0.15, -0.1) is 0 Å². The van der Waals surface area contributed by atoms with E-state index in [9.17, 15) is 14.4 Å². The summed E-state index contributed by atoms with van der Waals surface area (Å²) in [6, 6.07) is 15.9. The maximum Gasteiger partial charge on any atom is 0.296 e. The van der Waals surface area contributed by atoms with Crippen molar-refractivity contribution in [2.45, 2.75) is 13.0 Å². The number of hydrogen-bond donors (Lipinski definition) is 1. The van der Waals surface area contributed by atoms with Gasteiger partial charge in [-0.3, -0.25) is 19.3 Å². The van der Waals surface area contributed by atoms with Gasteiger partial charge < -0.3 is 14.9 Å². The first-order valence-corrected chi connectivity index (χ1v) is 10.8. The Morgan fingerprint density at radius 1 is 1.15 bits per heavy atom. The van der Waals surface area contributed by atoms with Gasteiger partial charge in [0.2, 0.25) is 5.76 Å². The zero-order chi connectivity index (χ0) is 24.0. The Balaban J connectivity index is 1.70. The van der Waals surface area contributed by atoms with Crippen LogP contribution in [0, 0.1) is 6.92 Å². The smallest absolute Gasteiger partial charge is 0.296 e. The van der Waals surface area contributed by atoms with E-state index < -0.39 is 17.9 Å². The van der Waals surface area contributed by atoms with Crippen molar-refractivity contribution < 1.29 is 18.7 Å². The van der Waals surface area contributed by atoms with Crippen molar-refractivity contribution in [2.24, 2.45) is 5.73 Å². The number of amides is 2. The number of ether oxygens (including phenoxy) is 1. The van der Waals surface area contributed by atoms with E-state index in [2.05, 4.69) is 4.98 Å². The summed E-state index contributed by atoms with van der Waals surface area (Å²) < 4.78 is 11.3. The maximum absolute atomic E-state index is 13.6. The molecule has 2 aromatic heterocycles. The number of carbonyl (C=O) groups is 2. The Hall–Kier alpha value is -4.17. The monoisotopic (exact) mass is 475 g/mol. The molecular formula is C25H18ClN3O5. The van der Waals surface area contributed by atoms with E-state index in [-0.39, 0.29) is 34.3 Å². The number of halogens is 1. The number of anilines is 1. The second-order valence-electron chi connectivity index (χ2n) is 7.85. The Morgan fingerprint density at radius 3 is 2.62 bits per heavy atom. The van der Waals surface area contributed by atoms with Crippen LogP contribution in [0.4, 0.5) is 5.82 Å². The highest BCUT2D eigenvalue weighted by Crippen LogP contribution is 2.41. The van der Waals surface area contributed by atoms with E-state index in [0.717, 1.165) is 0 Å². The molecule has 1 aliphatic rings. The van der Waals surface area contributed by atoms with Gasteiger partial charge in [0.05, 0.1) is 17.0 Å². The first kappa shape index (κ1) is 21.7. The molecule has 2 aromatic carbocycles. The SMILES string of the molecule is Cc1cccc(N2C(=O)c3oc4ccc(Cl)cc4c(=O)c3[C@H]2c2ccc(OCC(N)=O)cc2)n1. The number of carbonyl (C=O) groups excluding carboxylic acids is 2. The molecule has 4 aromatic rings. The number of fused-ring (bicyclic) bond motifs is 2. The lowest BCUT2D eigenvalue weighted by Gasteiger charge is -2.24. The first-order chi connectivity index (χ1) is 16.3. The molecule has 0 spiro atoms. The van der Waals surface area contributed by atoms with Crippen LogP contribution in [0.5, 0.6) is 5.75 Å². The Kier molecular flexibility index (Phi) is 5.30. The van der Waals surface area contributed by atoms with Crippen LogP contribution >= 0.6 is 11.6 Å². The summed E-state index contributed by atoms with van der Waals surface area (Å²) >= 11 is 6.12. The van der Waals surface area contributed by atoms with Crippen molar-refractivity contribution in [1.29, 1.82) is 0 Å². The zero-order valence-electron chi connectivity index (χ0n) is 17.9. The molecule has 0 radical (unpaired) electrons. The largest absolute Gasteiger partial charge is 0.484 e. The third-order valence-electron chi connectivity index (χ3n) is 5.53. The average Bonchev–Trinajstić information content (AvgIpc) is 3.11. The second-order valence-corrected chi connectivity index (χ2v) is 8.29. The molecule has 0 saturated carbocycles. The second kappa shape index (κ2) is 8.31. The van der Waals surface area contributed by atoms with Crippen LogP contribution in [0.1, 0.15) is 33.4 Å². The first-order valence-electron chi connectivity index (χ1n) is 10.4. The van der Waals surface area contributed by atoms with Crippen LogP contribution in [-0.2, 0) is 4.79 Å². The third kappa shape index (κ3) is 3.68. The number of rotatable bonds is 5. The molecular weight excluding hydrogens is 458 g/mol. The van der Waals surface area contributed by atoms with Crippen LogP contribution in [0.2, 0.25) is 5.02 Å². The highest BCUT2D eigenvalue weighted by molar-refractivity contribution is 6.31. The van der Waals surface area contributed by atoms with E-state index in [4.69, 9.17) is 26.5 Å². The summed E-state index contributed by atoms with van der Waals surface area (Å²) in [7, 11) is 0. The summed E-state index contributed by atoms with van der Waals surface area (Å²) in [5, 5.41) is 0.665. The minimum atomic E-state index is -0.790. The van der Waals surface area contributed by atoms with Crippen LogP contribution in [0.25, 0.3) is 11.0 Å². The molecule has 3 heterocycles. The Morgan fingerprint density at radius 2 is 1.91 bits per heavy atom. The normalized spacial score (nSPS) is 14.9. The number of hydrogen-bond acceptors (Lipinski definition) is 6. The summed E-state index contributed by atoms with van der Waals surface area (Å²) in [4.78, 5) is 44.1. The maximum atomic E-state index is 13.6. The predicted octanol–water partition coefficient (Wildman–Crippen LogP) is 3.76. The minimum absolute atomic E-state index is 0.0396. The molecule has 2 amide bonds. The van der Waals surface area contributed by atoms with Crippen LogP contribution in [0.3, 0.4) is 0 Å². The number of aryl methyl sites for hydroxylation is 1. The molecule has 34 heavy (non-hydrogen) atoms. The van der Waals surface area contributed by atoms with E-state index in [0.29, 0.717) is 27.8 Å². The summed E-state index contributed by atoms with van der Waals surface area (Å²) in [6.07, 6.45) is 0.